The first-order valence-corrected chi connectivity index (χ1v) is 8.61. The second-order valence-electron chi connectivity index (χ2n) is 6.73. The molecule has 3 N–H and O–H groups in total. The standard InChI is InChI=1S/C20H22N2O2/c1-12-15-10-9-13-5-2-3-7-16(13)19(15)24-18(12)20(23)22-17-8-4-6-14(17)11-21/h2-3,5,7,9-10,14,17H,4,6,8,11,21H2,1H3,(H,22,23). The first kappa shape index (κ1) is 15.2. The van der Waals surface area contributed by atoms with Gasteiger partial charge in [0.1, 0.15) is 5.58 Å². The van der Waals surface area contributed by atoms with Crippen molar-refractivity contribution < 1.29 is 9.21 Å². The third-order valence-electron chi connectivity index (χ3n) is 5.31. The van der Waals surface area contributed by atoms with E-state index in [-0.39, 0.29) is 11.9 Å². The van der Waals surface area contributed by atoms with E-state index in [0.717, 1.165) is 46.6 Å². The summed E-state index contributed by atoms with van der Waals surface area (Å²) in [7, 11) is 0. The number of hydrogen-bond acceptors (Lipinski definition) is 3. The Morgan fingerprint density at radius 2 is 2.04 bits per heavy atom. The minimum Gasteiger partial charge on any atom is -0.450 e. The van der Waals surface area contributed by atoms with E-state index in [9.17, 15) is 4.79 Å². The lowest BCUT2D eigenvalue weighted by Gasteiger charge is -2.18. The first-order chi connectivity index (χ1) is 11.7. The molecule has 2 unspecified atom stereocenters. The summed E-state index contributed by atoms with van der Waals surface area (Å²) in [5, 5.41) is 6.29. The van der Waals surface area contributed by atoms with Crippen molar-refractivity contribution in [3.63, 3.8) is 0 Å². The molecule has 4 nitrogen and oxygen atoms in total. The summed E-state index contributed by atoms with van der Waals surface area (Å²) in [6.45, 7) is 2.57. The number of nitrogens with one attached hydrogen (secondary N) is 1. The Balaban J connectivity index is 1.72. The van der Waals surface area contributed by atoms with Crippen LogP contribution >= 0.6 is 0 Å². The van der Waals surface area contributed by atoms with Crippen LogP contribution in [0.1, 0.15) is 35.4 Å². The van der Waals surface area contributed by atoms with Crippen LogP contribution in [0.2, 0.25) is 0 Å². The van der Waals surface area contributed by atoms with Crippen molar-refractivity contribution in [1.82, 2.24) is 5.32 Å². The molecule has 1 heterocycles. The van der Waals surface area contributed by atoms with Gasteiger partial charge < -0.3 is 15.5 Å². The highest BCUT2D eigenvalue weighted by Crippen LogP contribution is 2.32. The van der Waals surface area contributed by atoms with Gasteiger partial charge in [-0.2, -0.15) is 0 Å². The zero-order chi connectivity index (χ0) is 16.7. The average molecular weight is 322 g/mol. The number of amides is 1. The Morgan fingerprint density at radius 3 is 2.88 bits per heavy atom. The molecule has 1 amide bonds. The molecule has 1 aliphatic carbocycles. The van der Waals surface area contributed by atoms with E-state index in [4.69, 9.17) is 10.2 Å². The van der Waals surface area contributed by atoms with Crippen LogP contribution in [-0.2, 0) is 0 Å². The van der Waals surface area contributed by atoms with E-state index in [1.54, 1.807) is 0 Å². The Bertz CT molecular complexity index is 913. The predicted molar refractivity (Wildman–Crippen MR) is 96.1 cm³/mol. The Labute approximate surface area is 141 Å². The molecule has 0 radical (unpaired) electrons. The molecule has 0 aliphatic heterocycles. The Morgan fingerprint density at radius 1 is 1.21 bits per heavy atom. The summed E-state index contributed by atoms with van der Waals surface area (Å²) in [6, 6.07) is 12.3. The van der Waals surface area contributed by atoms with Gasteiger partial charge in [-0.05, 0) is 37.6 Å². The van der Waals surface area contributed by atoms with Gasteiger partial charge in [0, 0.05) is 22.4 Å². The number of furan rings is 1. The van der Waals surface area contributed by atoms with Crippen LogP contribution in [-0.4, -0.2) is 18.5 Å². The Hall–Kier alpha value is -2.33. The zero-order valence-corrected chi connectivity index (χ0v) is 13.8. The molecule has 0 bridgehead atoms. The van der Waals surface area contributed by atoms with Crippen molar-refractivity contribution in [3.8, 4) is 0 Å². The van der Waals surface area contributed by atoms with Crippen molar-refractivity contribution in [2.45, 2.75) is 32.2 Å². The van der Waals surface area contributed by atoms with Gasteiger partial charge in [0.25, 0.3) is 5.91 Å². The fraction of sp³-hybridized carbons (Fsp3) is 0.350. The molecule has 1 aliphatic rings. The lowest BCUT2D eigenvalue weighted by atomic mass is 10.0. The summed E-state index contributed by atoms with van der Waals surface area (Å²) in [4.78, 5) is 12.7. The highest BCUT2D eigenvalue weighted by atomic mass is 16.3. The number of fused-ring (bicyclic) bond motifs is 3. The number of nitrogens with two attached hydrogens (primary N) is 1. The molecule has 4 rings (SSSR count). The number of aryl methyl sites for hydroxylation is 1. The predicted octanol–water partition coefficient (Wildman–Crippen LogP) is 3.75. The molecule has 2 aromatic carbocycles. The molecule has 4 heteroatoms. The maximum Gasteiger partial charge on any atom is 0.287 e. The lowest BCUT2D eigenvalue weighted by molar-refractivity contribution is 0.0902. The van der Waals surface area contributed by atoms with Crippen molar-refractivity contribution in [2.24, 2.45) is 11.7 Å². The molecule has 0 spiro atoms. The summed E-state index contributed by atoms with van der Waals surface area (Å²) in [5.74, 6) is 0.668. The fourth-order valence-electron chi connectivity index (χ4n) is 3.91. The van der Waals surface area contributed by atoms with Crippen molar-refractivity contribution in [3.05, 3.63) is 47.7 Å². The molecule has 1 fully saturated rings. The second-order valence-corrected chi connectivity index (χ2v) is 6.73. The van der Waals surface area contributed by atoms with E-state index >= 15 is 0 Å². The molecule has 0 saturated heterocycles. The van der Waals surface area contributed by atoms with Gasteiger partial charge in [0.05, 0.1) is 0 Å². The van der Waals surface area contributed by atoms with Crippen LogP contribution in [0.4, 0.5) is 0 Å². The average Bonchev–Trinajstić information content (AvgIpc) is 3.19. The molecular formula is C20H22N2O2. The molecule has 3 aromatic rings. The summed E-state index contributed by atoms with van der Waals surface area (Å²) in [5.41, 5.74) is 7.51. The van der Waals surface area contributed by atoms with Crippen LogP contribution < -0.4 is 11.1 Å². The van der Waals surface area contributed by atoms with Crippen LogP contribution in [0.25, 0.3) is 21.7 Å². The quantitative estimate of drug-likeness (QED) is 0.771. The second kappa shape index (κ2) is 5.95. The lowest BCUT2D eigenvalue weighted by Crippen LogP contribution is -2.39. The van der Waals surface area contributed by atoms with Gasteiger partial charge in [-0.3, -0.25) is 4.79 Å². The summed E-state index contributed by atoms with van der Waals surface area (Å²) < 4.78 is 6.01. The van der Waals surface area contributed by atoms with Gasteiger partial charge in [-0.15, -0.1) is 0 Å². The Kier molecular flexibility index (Phi) is 3.77. The third-order valence-corrected chi connectivity index (χ3v) is 5.31. The van der Waals surface area contributed by atoms with Gasteiger partial charge in [-0.1, -0.05) is 42.8 Å². The highest BCUT2D eigenvalue weighted by Gasteiger charge is 2.29. The molecular weight excluding hydrogens is 300 g/mol. The van der Waals surface area contributed by atoms with Crippen LogP contribution in [0, 0.1) is 12.8 Å². The highest BCUT2D eigenvalue weighted by molar-refractivity contribution is 6.08. The smallest absolute Gasteiger partial charge is 0.287 e. The number of carbonyl (C=O) groups is 1. The number of carbonyl (C=O) groups excluding carboxylic acids is 1. The van der Waals surface area contributed by atoms with Gasteiger partial charge >= 0.3 is 0 Å². The van der Waals surface area contributed by atoms with Crippen LogP contribution in [0.15, 0.2) is 40.8 Å². The van der Waals surface area contributed by atoms with Crippen molar-refractivity contribution in [2.75, 3.05) is 6.54 Å². The maximum atomic E-state index is 12.7. The minimum absolute atomic E-state index is 0.127. The largest absolute Gasteiger partial charge is 0.450 e. The van der Waals surface area contributed by atoms with Crippen molar-refractivity contribution in [1.29, 1.82) is 0 Å². The van der Waals surface area contributed by atoms with Crippen LogP contribution in [0.3, 0.4) is 0 Å². The molecule has 124 valence electrons. The normalized spacial score (nSPS) is 20.8. The summed E-state index contributed by atoms with van der Waals surface area (Å²) >= 11 is 0. The number of hydrogen-bond donors (Lipinski definition) is 2. The van der Waals surface area contributed by atoms with Gasteiger partial charge in [0.15, 0.2) is 5.76 Å². The maximum absolute atomic E-state index is 12.7. The zero-order valence-electron chi connectivity index (χ0n) is 13.8. The molecule has 2 atom stereocenters. The molecule has 1 saturated carbocycles. The summed E-state index contributed by atoms with van der Waals surface area (Å²) in [6.07, 6.45) is 3.21. The monoisotopic (exact) mass is 322 g/mol. The first-order valence-electron chi connectivity index (χ1n) is 8.61. The van der Waals surface area contributed by atoms with E-state index < -0.39 is 0 Å². The van der Waals surface area contributed by atoms with E-state index in [1.165, 1.54) is 0 Å². The number of benzene rings is 2. The van der Waals surface area contributed by atoms with E-state index in [1.807, 2.05) is 31.2 Å². The van der Waals surface area contributed by atoms with Gasteiger partial charge in [0.2, 0.25) is 0 Å². The van der Waals surface area contributed by atoms with Crippen LogP contribution in [0.5, 0.6) is 0 Å². The van der Waals surface area contributed by atoms with Gasteiger partial charge in [-0.25, -0.2) is 0 Å². The molecule has 1 aromatic heterocycles. The third kappa shape index (κ3) is 2.38. The SMILES string of the molecule is Cc1c(C(=O)NC2CCCC2CN)oc2c1ccc1ccccc12. The molecule has 24 heavy (non-hydrogen) atoms. The van der Waals surface area contributed by atoms with E-state index in [2.05, 4.69) is 17.4 Å². The topological polar surface area (TPSA) is 68.3 Å². The van der Waals surface area contributed by atoms with E-state index in [0.29, 0.717) is 18.2 Å². The van der Waals surface area contributed by atoms with Crippen molar-refractivity contribution >= 4 is 27.6 Å². The fourth-order valence-corrected chi connectivity index (χ4v) is 3.91. The number of rotatable bonds is 3. The minimum atomic E-state index is -0.127.